The maximum Gasteiger partial charge on any atom is 0.208 e. The van der Waals surface area contributed by atoms with Crippen molar-refractivity contribution in [1.29, 1.82) is 0 Å². The van der Waals surface area contributed by atoms with Crippen LogP contribution >= 0.6 is 0 Å². The third-order valence-electron chi connectivity index (χ3n) is 9.39. The number of sulfonamides is 1. The predicted octanol–water partition coefficient (Wildman–Crippen LogP) is 2.41. The molecule has 2 aliphatic heterocycles. The number of rotatable bonds is 6. The standard InChI is InChI=1S/C25H36N2O5S/c1-24(14-26-33(3,29)30)12-17-18-8-6-16-7-9-19(28)21-20(16)25(17,23(32-21)22(24)31-2)10-11-27(18)13-15-4-5-15/h7,9,15,17-18,22-23,26,28H,4-6,8,10-14H2,1-3H3. The van der Waals surface area contributed by atoms with Crippen LogP contribution in [0.1, 0.15) is 50.2 Å². The molecule has 0 aromatic heterocycles. The number of phenolic OH excluding ortho intramolecular Hbond substituents is 1. The number of aromatic hydroxyl groups is 1. The molecule has 6 rings (SSSR count). The highest BCUT2D eigenvalue weighted by molar-refractivity contribution is 7.88. The van der Waals surface area contributed by atoms with Crippen LogP contribution in [0.5, 0.6) is 11.5 Å². The number of methoxy groups -OCH3 is 1. The zero-order chi connectivity index (χ0) is 23.2. The van der Waals surface area contributed by atoms with Crippen molar-refractivity contribution in [2.24, 2.45) is 17.3 Å². The molecule has 3 aliphatic carbocycles. The van der Waals surface area contributed by atoms with Gasteiger partial charge in [-0.1, -0.05) is 13.0 Å². The molecule has 8 heteroatoms. The van der Waals surface area contributed by atoms with Gasteiger partial charge in [0.15, 0.2) is 11.5 Å². The highest BCUT2D eigenvalue weighted by Crippen LogP contribution is 2.66. The average Bonchev–Trinajstić information content (AvgIpc) is 3.51. The van der Waals surface area contributed by atoms with Crippen molar-refractivity contribution in [2.75, 3.05) is 33.0 Å². The number of nitrogens with one attached hydrogen (secondary N) is 1. The summed E-state index contributed by atoms with van der Waals surface area (Å²) >= 11 is 0. The van der Waals surface area contributed by atoms with Gasteiger partial charge in [-0.05, 0) is 68.5 Å². The quantitative estimate of drug-likeness (QED) is 0.656. The maximum atomic E-state index is 12.0. The van der Waals surface area contributed by atoms with E-state index in [1.165, 1.54) is 36.8 Å². The molecular formula is C25H36N2O5S. The summed E-state index contributed by atoms with van der Waals surface area (Å²) in [5, 5.41) is 10.8. The molecule has 7 nitrogen and oxygen atoms in total. The lowest BCUT2D eigenvalue weighted by atomic mass is 9.50. The van der Waals surface area contributed by atoms with Gasteiger partial charge < -0.3 is 14.6 Å². The topological polar surface area (TPSA) is 88.1 Å². The molecule has 2 bridgehead atoms. The van der Waals surface area contributed by atoms with E-state index in [2.05, 4.69) is 22.6 Å². The number of benzene rings is 1. The Labute approximate surface area is 196 Å². The van der Waals surface area contributed by atoms with Crippen molar-refractivity contribution in [3.63, 3.8) is 0 Å². The molecule has 2 N–H and O–H groups in total. The average molecular weight is 477 g/mol. The maximum absolute atomic E-state index is 12.0. The van der Waals surface area contributed by atoms with Gasteiger partial charge in [-0.3, -0.25) is 4.90 Å². The van der Waals surface area contributed by atoms with Gasteiger partial charge in [-0.25, -0.2) is 13.1 Å². The first kappa shape index (κ1) is 22.1. The molecule has 2 heterocycles. The molecule has 33 heavy (non-hydrogen) atoms. The van der Waals surface area contributed by atoms with Crippen molar-refractivity contribution in [2.45, 2.75) is 69.1 Å². The molecule has 3 fully saturated rings. The summed E-state index contributed by atoms with van der Waals surface area (Å²) in [5.74, 6) is 2.01. The summed E-state index contributed by atoms with van der Waals surface area (Å²) in [5.41, 5.74) is 1.90. The Bertz CT molecular complexity index is 1070. The molecule has 2 saturated carbocycles. The van der Waals surface area contributed by atoms with E-state index >= 15 is 0 Å². The molecule has 1 aromatic rings. The van der Waals surface area contributed by atoms with Crippen molar-refractivity contribution in [3.05, 3.63) is 23.3 Å². The highest BCUT2D eigenvalue weighted by Gasteiger charge is 2.69. The van der Waals surface area contributed by atoms with Crippen molar-refractivity contribution < 1.29 is 23.0 Å². The number of phenols is 1. The fourth-order valence-electron chi connectivity index (χ4n) is 7.82. The third-order valence-corrected chi connectivity index (χ3v) is 10.1. The first-order valence-electron chi connectivity index (χ1n) is 12.4. The molecule has 1 saturated heterocycles. The summed E-state index contributed by atoms with van der Waals surface area (Å²) in [6, 6.07) is 4.31. The van der Waals surface area contributed by atoms with E-state index in [-0.39, 0.29) is 23.4 Å². The van der Waals surface area contributed by atoms with Crippen LogP contribution in [-0.4, -0.2) is 69.7 Å². The zero-order valence-electron chi connectivity index (χ0n) is 19.8. The largest absolute Gasteiger partial charge is 0.504 e. The SMILES string of the molecule is COC1C2Oc3c(O)ccc4c3C23CCN(CC2CC2)C(CC4)C3CC1(C)CNS(C)(=O)=O. The Morgan fingerprint density at radius 2 is 2.09 bits per heavy atom. The summed E-state index contributed by atoms with van der Waals surface area (Å²) in [6.45, 7) is 4.68. The lowest BCUT2D eigenvalue weighted by molar-refractivity contribution is -0.167. The monoisotopic (exact) mass is 476 g/mol. The van der Waals surface area contributed by atoms with Crippen LogP contribution < -0.4 is 9.46 Å². The van der Waals surface area contributed by atoms with Gasteiger partial charge >= 0.3 is 0 Å². The van der Waals surface area contributed by atoms with Crippen LogP contribution in [0.2, 0.25) is 0 Å². The zero-order valence-corrected chi connectivity index (χ0v) is 20.7. The summed E-state index contributed by atoms with van der Waals surface area (Å²) in [4.78, 5) is 2.73. The van der Waals surface area contributed by atoms with E-state index in [9.17, 15) is 13.5 Å². The number of piperidine rings is 1. The Morgan fingerprint density at radius 1 is 1.30 bits per heavy atom. The van der Waals surface area contributed by atoms with Gasteiger partial charge in [0.1, 0.15) is 12.2 Å². The fraction of sp³-hybridized carbons (Fsp3) is 0.760. The minimum Gasteiger partial charge on any atom is -0.504 e. The van der Waals surface area contributed by atoms with Crippen LogP contribution in [-0.2, 0) is 26.6 Å². The second-order valence-corrected chi connectivity index (χ2v) is 13.4. The summed E-state index contributed by atoms with van der Waals surface area (Å²) < 4.78 is 39.6. The number of hydrogen-bond acceptors (Lipinski definition) is 6. The van der Waals surface area contributed by atoms with Gasteiger partial charge in [0.25, 0.3) is 0 Å². The minimum absolute atomic E-state index is 0.199. The van der Waals surface area contributed by atoms with Gasteiger partial charge in [0.05, 0.1) is 6.26 Å². The second-order valence-electron chi connectivity index (χ2n) is 11.5. The Balaban J connectivity index is 1.48. The van der Waals surface area contributed by atoms with E-state index in [0.717, 1.165) is 38.1 Å². The number of ether oxygens (including phenoxy) is 2. The number of likely N-dealkylation sites (tertiary alicyclic amines) is 1. The first-order chi connectivity index (χ1) is 15.7. The van der Waals surface area contributed by atoms with Crippen LogP contribution in [0, 0.1) is 17.3 Å². The Kier molecular flexibility index (Phi) is 4.91. The fourth-order valence-corrected chi connectivity index (χ4v) is 8.41. The summed E-state index contributed by atoms with van der Waals surface area (Å²) in [7, 11) is -1.62. The Morgan fingerprint density at radius 3 is 2.79 bits per heavy atom. The van der Waals surface area contributed by atoms with Gasteiger partial charge in [0.2, 0.25) is 10.0 Å². The molecule has 1 spiro atoms. The van der Waals surface area contributed by atoms with E-state index < -0.39 is 15.4 Å². The van der Waals surface area contributed by atoms with Crippen LogP contribution in [0.25, 0.3) is 0 Å². The molecule has 6 unspecified atom stereocenters. The van der Waals surface area contributed by atoms with Crippen molar-refractivity contribution >= 4 is 10.0 Å². The predicted molar refractivity (Wildman–Crippen MR) is 125 cm³/mol. The van der Waals surface area contributed by atoms with E-state index in [0.29, 0.717) is 24.3 Å². The molecule has 6 atom stereocenters. The third kappa shape index (κ3) is 3.27. The van der Waals surface area contributed by atoms with Crippen LogP contribution in [0.3, 0.4) is 0 Å². The molecule has 0 radical (unpaired) electrons. The second kappa shape index (κ2) is 7.33. The van der Waals surface area contributed by atoms with Gasteiger partial charge in [-0.2, -0.15) is 0 Å². The minimum atomic E-state index is -3.33. The summed E-state index contributed by atoms with van der Waals surface area (Å²) in [6.07, 6.45) is 7.31. The molecular weight excluding hydrogens is 440 g/mol. The first-order valence-corrected chi connectivity index (χ1v) is 14.3. The van der Waals surface area contributed by atoms with Crippen molar-refractivity contribution in [1.82, 2.24) is 9.62 Å². The van der Waals surface area contributed by atoms with Crippen molar-refractivity contribution in [3.8, 4) is 11.5 Å². The number of nitrogens with zero attached hydrogens (tertiary/aromatic N) is 1. The van der Waals surface area contributed by atoms with Gasteiger partial charge in [0, 0.05) is 42.6 Å². The Hall–Kier alpha value is -1.35. The van der Waals surface area contributed by atoms with Crippen LogP contribution in [0.15, 0.2) is 12.1 Å². The van der Waals surface area contributed by atoms with Crippen LogP contribution in [0.4, 0.5) is 0 Å². The highest BCUT2D eigenvalue weighted by atomic mass is 32.2. The smallest absolute Gasteiger partial charge is 0.208 e. The molecule has 1 aromatic carbocycles. The number of hydrogen-bond donors (Lipinski definition) is 2. The lowest BCUT2D eigenvalue weighted by Gasteiger charge is -2.60. The van der Waals surface area contributed by atoms with E-state index in [4.69, 9.17) is 9.47 Å². The van der Waals surface area contributed by atoms with E-state index in [1.54, 1.807) is 13.2 Å². The number of aryl methyl sites for hydroxylation is 1. The lowest BCUT2D eigenvalue weighted by Crippen LogP contribution is -2.69. The normalized spacial score (nSPS) is 39.6. The molecule has 0 amide bonds. The molecule has 5 aliphatic rings. The van der Waals surface area contributed by atoms with Gasteiger partial charge in [-0.15, -0.1) is 0 Å². The van der Waals surface area contributed by atoms with E-state index in [1.807, 2.05) is 0 Å². The molecule has 182 valence electrons.